The Bertz CT molecular complexity index is 514. The summed E-state index contributed by atoms with van der Waals surface area (Å²) in [5.74, 6) is 4.57. The van der Waals surface area contributed by atoms with Crippen LogP contribution in [0.4, 0.5) is 5.69 Å². The second-order valence-corrected chi connectivity index (χ2v) is 5.87. The van der Waals surface area contributed by atoms with E-state index >= 15 is 0 Å². The normalized spacial score (nSPS) is 20.8. The number of hydrogen-bond acceptors (Lipinski definition) is 3. The van der Waals surface area contributed by atoms with Gasteiger partial charge in [-0.2, -0.15) is 11.8 Å². The summed E-state index contributed by atoms with van der Waals surface area (Å²) in [6.07, 6.45) is 7.73. The average Bonchev–Trinajstić information content (AvgIpc) is 2.73. The zero-order valence-electron chi connectivity index (χ0n) is 9.80. The summed E-state index contributed by atoms with van der Waals surface area (Å²) in [6.45, 7) is 0. The van der Waals surface area contributed by atoms with Crippen molar-refractivity contribution >= 4 is 23.0 Å². The number of nitrogens with two attached hydrogens (primary N) is 1. The molecule has 0 amide bonds. The summed E-state index contributed by atoms with van der Waals surface area (Å²) in [4.78, 5) is 4.53. The molecule has 0 spiro atoms. The third-order valence-corrected chi connectivity index (χ3v) is 4.64. The Labute approximate surface area is 105 Å². The topological polar surface area (TPSA) is 43.3 Å². The van der Waals surface area contributed by atoms with Crippen LogP contribution in [0.25, 0.3) is 5.52 Å². The fourth-order valence-electron chi connectivity index (χ4n) is 2.45. The van der Waals surface area contributed by atoms with Gasteiger partial charge in [0.25, 0.3) is 0 Å². The van der Waals surface area contributed by atoms with Crippen LogP contribution in [0.5, 0.6) is 0 Å². The van der Waals surface area contributed by atoms with Crippen molar-refractivity contribution in [2.45, 2.75) is 19.3 Å². The lowest BCUT2D eigenvalue weighted by Crippen LogP contribution is -2.14. The fraction of sp³-hybridized carbons (Fsp3) is 0.462. The molecular weight excluding hydrogens is 230 g/mol. The highest BCUT2D eigenvalue weighted by Gasteiger charge is 2.16. The second kappa shape index (κ2) is 4.61. The van der Waals surface area contributed by atoms with Crippen molar-refractivity contribution in [1.82, 2.24) is 9.38 Å². The highest BCUT2D eigenvalue weighted by atomic mass is 32.2. The highest BCUT2D eigenvalue weighted by molar-refractivity contribution is 7.99. The molecule has 1 unspecified atom stereocenters. The van der Waals surface area contributed by atoms with E-state index in [-0.39, 0.29) is 0 Å². The molecule has 17 heavy (non-hydrogen) atoms. The molecule has 3 rings (SSSR count). The third kappa shape index (κ3) is 2.27. The molecule has 1 aliphatic rings. The smallest absolute Gasteiger partial charge is 0.113 e. The van der Waals surface area contributed by atoms with Gasteiger partial charge in [0.15, 0.2) is 0 Å². The van der Waals surface area contributed by atoms with Crippen LogP contribution in [0, 0.1) is 5.92 Å². The minimum atomic E-state index is 0.789. The lowest BCUT2D eigenvalue weighted by atomic mass is 10.0. The maximum atomic E-state index is 5.77. The summed E-state index contributed by atoms with van der Waals surface area (Å²) in [5.41, 5.74) is 7.68. The van der Waals surface area contributed by atoms with Gasteiger partial charge < -0.3 is 10.1 Å². The average molecular weight is 247 g/mol. The summed E-state index contributed by atoms with van der Waals surface area (Å²) in [7, 11) is 0. The van der Waals surface area contributed by atoms with Gasteiger partial charge in [-0.1, -0.05) is 0 Å². The van der Waals surface area contributed by atoms with Crippen molar-refractivity contribution in [3.63, 3.8) is 0 Å². The van der Waals surface area contributed by atoms with E-state index in [1.54, 1.807) is 0 Å². The van der Waals surface area contributed by atoms with Crippen molar-refractivity contribution in [1.29, 1.82) is 0 Å². The van der Waals surface area contributed by atoms with Crippen LogP contribution in [0.15, 0.2) is 24.5 Å². The number of hydrogen-bond donors (Lipinski definition) is 1. The first-order valence-electron chi connectivity index (χ1n) is 6.12. The van der Waals surface area contributed by atoms with E-state index in [4.69, 9.17) is 5.73 Å². The van der Waals surface area contributed by atoms with E-state index in [1.165, 1.54) is 30.2 Å². The number of nitrogen functional groups attached to an aromatic ring is 1. The second-order valence-electron chi connectivity index (χ2n) is 4.72. The van der Waals surface area contributed by atoms with Crippen molar-refractivity contribution in [2.24, 2.45) is 5.92 Å². The first kappa shape index (κ1) is 11.0. The van der Waals surface area contributed by atoms with Gasteiger partial charge in [-0.05, 0) is 42.4 Å². The van der Waals surface area contributed by atoms with Gasteiger partial charge in [-0.25, -0.2) is 4.98 Å². The highest BCUT2D eigenvalue weighted by Crippen LogP contribution is 2.25. The molecule has 4 heteroatoms. The Morgan fingerprint density at radius 3 is 3.29 bits per heavy atom. The van der Waals surface area contributed by atoms with Crippen LogP contribution in [0.2, 0.25) is 0 Å². The molecule has 0 bridgehead atoms. The lowest BCUT2D eigenvalue weighted by molar-refractivity contribution is 0.507. The first-order chi connectivity index (χ1) is 8.33. The van der Waals surface area contributed by atoms with E-state index < -0.39 is 0 Å². The van der Waals surface area contributed by atoms with Crippen LogP contribution in [-0.2, 0) is 6.42 Å². The van der Waals surface area contributed by atoms with Gasteiger partial charge in [0.1, 0.15) is 5.82 Å². The summed E-state index contributed by atoms with van der Waals surface area (Å²) in [6, 6.07) is 3.92. The molecule has 3 heterocycles. The zero-order valence-corrected chi connectivity index (χ0v) is 10.6. The molecule has 0 aromatic carbocycles. The number of anilines is 1. The van der Waals surface area contributed by atoms with E-state index in [2.05, 4.69) is 21.1 Å². The molecule has 0 saturated carbocycles. The Morgan fingerprint density at radius 2 is 2.47 bits per heavy atom. The molecule has 90 valence electrons. The zero-order chi connectivity index (χ0) is 11.7. The van der Waals surface area contributed by atoms with Gasteiger partial charge >= 0.3 is 0 Å². The molecule has 2 aromatic rings. The van der Waals surface area contributed by atoms with Crippen molar-refractivity contribution in [3.05, 3.63) is 30.4 Å². The Hall–Kier alpha value is -1.16. The van der Waals surface area contributed by atoms with Crippen molar-refractivity contribution in [2.75, 3.05) is 17.2 Å². The van der Waals surface area contributed by atoms with Crippen LogP contribution < -0.4 is 5.73 Å². The van der Waals surface area contributed by atoms with E-state index in [9.17, 15) is 0 Å². The third-order valence-electron chi connectivity index (χ3n) is 3.36. The largest absolute Gasteiger partial charge is 0.399 e. The molecule has 0 aliphatic carbocycles. The number of pyridine rings is 1. The minimum absolute atomic E-state index is 0.789. The van der Waals surface area contributed by atoms with Gasteiger partial charge in [-0.3, -0.25) is 0 Å². The molecule has 1 atom stereocenters. The summed E-state index contributed by atoms with van der Waals surface area (Å²) < 4.78 is 2.16. The van der Waals surface area contributed by atoms with E-state index in [1.807, 2.05) is 24.5 Å². The predicted molar refractivity (Wildman–Crippen MR) is 73.4 cm³/mol. The molecule has 1 saturated heterocycles. The number of thioether (sulfide) groups is 1. The molecule has 0 radical (unpaired) electrons. The van der Waals surface area contributed by atoms with Gasteiger partial charge in [-0.15, -0.1) is 0 Å². The van der Waals surface area contributed by atoms with E-state index in [0.29, 0.717) is 0 Å². The standard InChI is InChI=1S/C13H17N3S/c14-11-3-4-16-12(7-11)8-15-13(16)6-10-2-1-5-17-9-10/h3-4,7-8,10H,1-2,5-6,9,14H2. The first-order valence-corrected chi connectivity index (χ1v) is 7.27. The molecule has 1 aliphatic heterocycles. The molecule has 2 aromatic heterocycles. The maximum Gasteiger partial charge on any atom is 0.113 e. The van der Waals surface area contributed by atoms with Crippen LogP contribution >= 0.6 is 11.8 Å². The molecule has 1 fully saturated rings. The summed E-state index contributed by atoms with van der Waals surface area (Å²) >= 11 is 2.08. The Morgan fingerprint density at radius 1 is 1.53 bits per heavy atom. The molecular formula is C13H17N3S. The molecule has 3 nitrogen and oxygen atoms in total. The summed E-state index contributed by atoms with van der Waals surface area (Å²) in [5, 5.41) is 0. The van der Waals surface area contributed by atoms with Crippen molar-refractivity contribution in [3.8, 4) is 0 Å². The van der Waals surface area contributed by atoms with Gasteiger partial charge in [0, 0.05) is 18.3 Å². The monoisotopic (exact) mass is 247 g/mol. The maximum absolute atomic E-state index is 5.77. The minimum Gasteiger partial charge on any atom is -0.399 e. The number of nitrogens with zero attached hydrogens (tertiary/aromatic N) is 2. The number of rotatable bonds is 2. The van der Waals surface area contributed by atoms with Crippen LogP contribution in [0.3, 0.4) is 0 Å². The number of fused-ring (bicyclic) bond motifs is 1. The van der Waals surface area contributed by atoms with E-state index in [0.717, 1.165) is 23.5 Å². The Kier molecular flexibility index (Phi) is 2.97. The quantitative estimate of drug-likeness (QED) is 0.887. The molecule has 2 N–H and O–H groups in total. The van der Waals surface area contributed by atoms with Crippen LogP contribution in [-0.4, -0.2) is 20.9 Å². The van der Waals surface area contributed by atoms with Crippen LogP contribution in [0.1, 0.15) is 18.7 Å². The fourth-order valence-corrected chi connectivity index (χ4v) is 3.61. The van der Waals surface area contributed by atoms with Crippen molar-refractivity contribution < 1.29 is 0 Å². The van der Waals surface area contributed by atoms with Gasteiger partial charge in [0.2, 0.25) is 0 Å². The van der Waals surface area contributed by atoms with Gasteiger partial charge in [0.05, 0.1) is 11.7 Å². The lowest BCUT2D eigenvalue weighted by Gasteiger charge is -2.20. The SMILES string of the molecule is Nc1ccn2c(CC3CCCSC3)ncc2c1. The Balaban J connectivity index is 1.84. The predicted octanol–water partition coefficient (Wildman–Crippen LogP) is 2.60. The number of aromatic nitrogens is 2. The number of imidazole rings is 1.